The van der Waals surface area contributed by atoms with Gasteiger partial charge in [-0.05, 0) is 48.7 Å². The van der Waals surface area contributed by atoms with Gasteiger partial charge in [0.05, 0.1) is 17.7 Å². The molecule has 0 fully saturated rings. The van der Waals surface area contributed by atoms with Gasteiger partial charge in [0.25, 0.3) is 10.0 Å². The summed E-state index contributed by atoms with van der Waals surface area (Å²) in [4.78, 5) is 12.0. The molecule has 0 saturated carbocycles. The summed E-state index contributed by atoms with van der Waals surface area (Å²) in [7, 11) is -2.13. The number of rotatable bonds is 6. The number of carbonyl (C=O) groups is 1. The van der Waals surface area contributed by atoms with Crippen molar-refractivity contribution in [1.82, 2.24) is 0 Å². The molecule has 5 nitrogen and oxygen atoms in total. The van der Waals surface area contributed by atoms with Crippen molar-refractivity contribution in [3.05, 3.63) is 89.0 Å². The summed E-state index contributed by atoms with van der Waals surface area (Å²) < 4.78 is 33.8. The number of hydrogen-bond donors (Lipinski definition) is 0. The van der Waals surface area contributed by atoms with Gasteiger partial charge in [-0.1, -0.05) is 48.0 Å². The van der Waals surface area contributed by atoms with Gasteiger partial charge in [0, 0.05) is 18.0 Å². The fraction of sp³-hybridized carbons (Fsp3) is 0.208. The summed E-state index contributed by atoms with van der Waals surface area (Å²) in [5.74, 6) is 0.598. The van der Waals surface area contributed by atoms with Crippen molar-refractivity contribution < 1.29 is 17.9 Å². The number of benzene rings is 3. The smallest absolute Gasteiger partial charge is 0.264 e. The Kier molecular flexibility index (Phi) is 5.35. The van der Waals surface area contributed by atoms with E-state index in [1.165, 1.54) is 4.31 Å². The van der Waals surface area contributed by atoms with Gasteiger partial charge in [0.15, 0.2) is 0 Å². The quantitative estimate of drug-likeness (QED) is 0.555. The molecule has 0 radical (unpaired) electrons. The lowest BCUT2D eigenvalue weighted by molar-refractivity contribution is 0.112. The minimum absolute atomic E-state index is 0.155. The summed E-state index contributed by atoms with van der Waals surface area (Å²) >= 11 is 0. The molecule has 1 aliphatic heterocycles. The molecule has 30 heavy (non-hydrogen) atoms. The first-order chi connectivity index (χ1) is 14.5. The topological polar surface area (TPSA) is 63.7 Å². The number of anilines is 1. The number of sulfonamides is 1. The highest BCUT2D eigenvalue weighted by molar-refractivity contribution is 7.92. The molecule has 1 unspecified atom stereocenters. The normalized spacial score (nSPS) is 15.7. The third-order valence-electron chi connectivity index (χ3n) is 5.57. The third kappa shape index (κ3) is 3.48. The standard InChI is InChI=1S/C24H23NO4S/c1-17-10-12-21(13-11-17)30(27,28)25-15-20(14-18-6-3-4-9-23(18)29-2)24-19(16-26)7-5-8-22(24)25/h3-13,16,20H,14-15H2,1-2H3. The van der Waals surface area contributed by atoms with E-state index in [2.05, 4.69) is 0 Å². The lowest BCUT2D eigenvalue weighted by atomic mass is 9.90. The minimum Gasteiger partial charge on any atom is -0.496 e. The molecule has 0 spiro atoms. The van der Waals surface area contributed by atoms with Gasteiger partial charge in [-0.25, -0.2) is 8.42 Å². The first-order valence-corrected chi connectivity index (χ1v) is 11.2. The van der Waals surface area contributed by atoms with Crippen LogP contribution in [-0.2, 0) is 16.4 Å². The Bertz CT molecular complexity index is 1190. The van der Waals surface area contributed by atoms with Crippen LogP contribution in [0.15, 0.2) is 71.6 Å². The monoisotopic (exact) mass is 421 g/mol. The molecule has 3 aromatic rings. The first-order valence-electron chi connectivity index (χ1n) is 9.75. The van der Waals surface area contributed by atoms with Crippen LogP contribution in [0.25, 0.3) is 0 Å². The molecule has 3 aromatic carbocycles. The van der Waals surface area contributed by atoms with E-state index in [-0.39, 0.29) is 17.4 Å². The van der Waals surface area contributed by atoms with Crippen LogP contribution in [0.2, 0.25) is 0 Å². The molecule has 0 N–H and O–H groups in total. The van der Waals surface area contributed by atoms with Crippen LogP contribution in [0.4, 0.5) is 5.69 Å². The number of aldehydes is 1. The zero-order valence-corrected chi connectivity index (χ0v) is 17.7. The minimum atomic E-state index is -3.75. The molecule has 0 amide bonds. The lowest BCUT2D eigenvalue weighted by Gasteiger charge is -2.20. The lowest BCUT2D eigenvalue weighted by Crippen LogP contribution is -2.30. The van der Waals surface area contributed by atoms with Gasteiger partial charge in [0.2, 0.25) is 0 Å². The number of para-hydroxylation sites is 1. The van der Waals surface area contributed by atoms with Gasteiger partial charge in [-0.15, -0.1) is 0 Å². The molecule has 0 aromatic heterocycles. The van der Waals surface area contributed by atoms with Crippen molar-refractivity contribution in [3.8, 4) is 5.75 Å². The molecule has 1 heterocycles. The SMILES string of the molecule is COc1ccccc1CC1CN(S(=O)(=O)c2ccc(C)cc2)c2cccc(C=O)c21. The average Bonchev–Trinajstić information content (AvgIpc) is 3.14. The van der Waals surface area contributed by atoms with Crippen LogP contribution in [-0.4, -0.2) is 28.4 Å². The number of nitrogens with zero attached hydrogens (tertiary/aromatic N) is 1. The number of fused-ring (bicyclic) bond motifs is 1. The summed E-state index contributed by atoms with van der Waals surface area (Å²) in [6.07, 6.45) is 1.37. The molecule has 4 rings (SSSR count). The Hall–Kier alpha value is -3.12. The van der Waals surface area contributed by atoms with E-state index in [9.17, 15) is 13.2 Å². The number of ether oxygens (including phenoxy) is 1. The zero-order valence-electron chi connectivity index (χ0n) is 16.9. The molecular formula is C24H23NO4S. The Morgan fingerprint density at radius 1 is 1.03 bits per heavy atom. The van der Waals surface area contributed by atoms with Crippen molar-refractivity contribution in [1.29, 1.82) is 0 Å². The number of carbonyl (C=O) groups excluding carboxylic acids is 1. The van der Waals surface area contributed by atoms with Crippen molar-refractivity contribution in [2.45, 2.75) is 24.2 Å². The maximum atomic E-state index is 13.4. The van der Waals surface area contributed by atoms with Crippen LogP contribution in [0.1, 0.15) is 33.0 Å². The van der Waals surface area contributed by atoms with E-state index in [1.54, 1.807) is 49.6 Å². The number of aryl methyl sites for hydroxylation is 1. The second kappa shape index (κ2) is 7.95. The maximum absolute atomic E-state index is 13.4. The third-order valence-corrected chi connectivity index (χ3v) is 7.37. The van der Waals surface area contributed by atoms with Crippen LogP contribution in [0.5, 0.6) is 5.75 Å². The summed E-state index contributed by atoms with van der Waals surface area (Å²) in [6, 6.07) is 19.8. The van der Waals surface area contributed by atoms with Gasteiger partial charge >= 0.3 is 0 Å². The van der Waals surface area contributed by atoms with Crippen molar-refractivity contribution in [2.24, 2.45) is 0 Å². The molecule has 0 saturated heterocycles. The van der Waals surface area contributed by atoms with E-state index in [1.807, 2.05) is 31.2 Å². The Morgan fingerprint density at radius 3 is 2.47 bits per heavy atom. The van der Waals surface area contributed by atoms with Crippen molar-refractivity contribution in [2.75, 3.05) is 18.0 Å². The fourth-order valence-corrected chi connectivity index (χ4v) is 5.62. The number of methoxy groups -OCH3 is 1. The van der Waals surface area contributed by atoms with Crippen LogP contribution >= 0.6 is 0 Å². The van der Waals surface area contributed by atoms with Crippen molar-refractivity contribution in [3.63, 3.8) is 0 Å². The van der Waals surface area contributed by atoms with E-state index >= 15 is 0 Å². The number of hydrogen-bond acceptors (Lipinski definition) is 4. The largest absolute Gasteiger partial charge is 0.496 e. The van der Waals surface area contributed by atoms with Gasteiger partial charge < -0.3 is 4.74 Å². The molecule has 6 heteroatoms. The Balaban J connectivity index is 1.79. The van der Waals surface area contributed by atoms with Crippen LogP contribution in [0.3, 0.4) is 0 Å². The van der Waals surface area contributed by atoms with Gasteiger partial charge in [0.1, 0.15) is 12.0 Å². The average molecular weight is 422 g/mol. The highest BCUT2D eigenvalue weighted by atomic mass is 32.2. The molecule has 0 bridgehead atoms. The predicted octanol–water partition coefficient (Wildman–Crippen LogP) is 4.35. The van der Waals surface area contributed by atoms with E-state index < -0.39 is 10.0 Å². The van der Waals surface area contributed by atoms with Gasteiger partial charge in [-0.3, -0.25) is 9.10 Å². The predicted molar refractivity (Wildman–Crippen MR) is 117 cm³/mol. The molecule has 1 atom stereocenters. The Morgan fingerprint density at radius 2 is 1.77 bits per heavy atom. The molecule has 1 aliphatic rings. The fourth-order valence-electron chi connectivity index (χ4n) is 4.09. The summed E-state index contributed by atoms with van der Waals surface area (Å²) in [6.45, 7) is 2.19. The summed E-state index contributed by atoms with van der Waals surface area (Å²) in [5, 5.41) is 0. The molecular weight excluding hydrogens is 398 g/mol. The summed E-state index contributed by atoms with van der Waals surface area (Å²) in [5.41, 5.74) is 3.84. The zero-order chi connectivity index (χ0) is 21.3. The Labute approximate surface area is 177 Å². The van der Waals surface area contributed by atoms with E-state index in [4.69, 9.17) is 4.74 Å². The van der Waals surface area contributed by atoms with Crippen LogP contribution in [0, 0.1) is 6.92 Å². The maximum Gasteiger partial charge on any atom is 0.264 e. The molecule has 154 valence electrons. The van der Waals surface area contributed by atoms with Crippen molar-refractivity contribution >= 4 is 22.0 Å². The molecule has 0 aliphatic carbocycles. The van der Waals surface area contributed by atoms with E-state index in [0.717, 1.165) is 28.7 Å². The second-order valence-corrected chi connectivity index (χ2v) is 9.32. The van der Waals surface area contributed by atoms with Crippen LogP contribution < -0.4 is 9.04 Å². The van der Waals surface area contributed by atoms with E-state index in [0.29, 0.717) is 17.7 Å². The van der Waals surface area contributed by atoms with Gasteiger partial charge in [-0.2, -0.15) is 0 Å². The highest BCUT2D eigenvalue weighted by Gasteiger charge is 2.38. The second-order valence-electron chi connectivity index (χ2n) is 7.46. The highest BCUT2D eigenvalue weighted by Crippen LogP contribution is 2.43. The first kappa shape index (κ1) is 20.2.